The van der Waals surface area contributed by atoms with Crippen LogP contribution in [0.2, 0.25) is 0 Å². The fourth-order valence-electron chi connectivity index (χ4n) is 1.06. The first kappa shape index (κ1) is 15.2. The van der Waals surface area contributed by atoms with Crippen molar-refractivity contribution in [3.8, 4) is 11.5 Å². The van der Waals surface area contributed by atoms with Gasteiger partial charge < -0.3 is 19.3 Å². The molecule has 1 rings (SSSR count). The molecule has 0 radical (unpaired) electrons. The summed E-state index contributed by atoms with van der Waals surface area (Å²) >= 11 is 0. The van der Waals surface area contributed by atoms with E-state index in [2.05, 4.69) is 9.47 Å². The molecule has 1 N–H and O–H groups in total. The molecule has 0 aliphatic heterocycles. The number of carbonyl (C=O) groups excluding carboxylic acids is 3. The van der Waals surface area contributed by atoms with Crippen molar-refractivity contribution in [2.45, 2.75) is 0 Å². The van der Waals surface area contributed by atoms with E-state index in [1.54, 1.807) is 0 Å². The summed E-state index contributed by atoms with van der Waals surface area (Å²) in [5.74, 6) is -2.15. The van der Waals surface area contributed by atoms with Gasteiger partial charge in [0.05, 0.1) is 7.11 Å². The molecule has 1 aromatic carbocycles. The fraction of sp³-hybridized carbons (Fsp3) is 0.154. The van der Waals surface area contributed by atoms with Crippen LogP contribution in [0.25, 0.3) is 0 Å². The lowest BCUT2D eigenvalue weighted by Crippen LogP contribution is -2.18. The Bertz CT molecular complexity index is 516. The second kappa shape index (κ2) is 7.57. The molecule has 0 heterocycles. The van der Waals surface area contributed by atoms with E-state index >= 15 is 0 Å². The summed E-state index contributed by atoms with van der Waals surface area (Å²) in [7, 11) is 1.16. The van der Waals surface area contributed by atoms with Gasteiger partial charge in [0.1, 0.15) is 11.5 Å². The zero-order valence-corrected chi connectivity index (χ0v) is 10.6. The molecule has 7 nitrogen and oxygen atoms in total. The van der Waals surface area contributed by atoms with Crippen LogP contribution in [0.3, 0.4) is 0 Å². The van der Waals surface area contributed by atoms with Gasteiger partial charge in [0.2, 0.25) is 0 Å². The normalized spacial score (nSPS) is 10.1. The topological polar surface area (TPSA) is 99.1 Å². The van der Waals surface area contributed by atoms with Crippen LogP contribution in [0.4, 0.5) is 0 Å². The van der Waals surface area contributed by atoms with Gasteiger partial charge in [0, 0.05) is 12.2 Å². The van der Waals surface area contributed by atoms with Gasteiger partial charge in [0.15, 0.2) is 6.61 Å². The van der Waals surface area contributed by atoms with Crippen molar-refractivity contribution < 1.29 is 33.7 Å². The third kappa shape index (κ3) is 5.67. The van der Waals surface area contributed by atoms with E-state index in [1.807, 2.05) is 0 Å². The van der Waals surface area contributed by atoms with E-state index in [0.29, 0.717) is 0 Å². The van der Waals surface area contributed by atoms with Gasteiger partial charge in [-0.3, -0.25) is 0 Å². The summed E-state index contributed by atoms with van der Waals surface area (Å²) in [4.78, 5) is 33.1. The van der Waals surface area contributed by atoms with Crippen molar-refractivity contribution in [2.24, 2.45) is 0 Å². The van der Waals surface area contributed by atoms with Gasteiger partial charge in [-0.15, -0.1) is 0 Å². The van der Waals surface area contributed by atoms with Crippen molar-refractivity contribution in [3.63, 3.8) is 0 Å². The van der Waals surface area contributed by atoms with E-state index in [0.717, 1.165) is 19.3 Å². The Kier molecular flexibility index (Phi) is 5.76. The highest BCUT2D eigenvalue weighted by Gasteiger charge is 2.08. The Balaban J connectivity index is 2.36. The Morgan fingerprint density at radius 2 is 1.70 bits per heavy atom. The highest BCUT2D eigenvalue weighted by Crippen LogP contribution is 2.15. The molecule has 0 fully saturated rings. The predicted octanol–water partition coefficient (Wildman–Crippen LogP) is 0.570. The molecule has 0 aliphatic carbocycles. The summed E-state index contributed by atoms with van der Waals surface area (Å²) < 4.78 is 13.6. The number of hydrogen-bond acceptors (Lipinski definition) is 7. The van der Waals surface area contributed by atoms with E-state index in [-0.39, 0.29) is 11.5 Å². The number of methoxy groups -OCH3 is 1. The smallest absolute Gasteiger partial charge is 0.349 e. The first-order valence-electron chi connectivity index (χ1n) is 5.44. The van der Waals surface area contributed by atoms with Crippen molar-refractivity contribution >= 4 is 17.9 Å². The summed E-state index contributed by atoms with van der Waals surface area (Å²) in [5.41, 5.74) is 0. The highest BCUT2D eigenvalue weighted by atomic mass is 16.6. The quantitative estimate of drug-likeness (QED) is 0.478. The second-order valence-electron chi connectivity index (χ2n) is 3.43. The third-order valence-corrected chi connectivity index (χ3v) is 1.96. The zero-order chi connectivity index (χ0) is 15.0. The Labute approximate surface area is 114 Å². The molecule has 0 spiro atoms. The molecule has 0 saturated carbocycles. The average molecular weight is 280 g/mol. The molecule has 0 unspecified atom stereocenters. The van der Waals surface area contributed by atoms with Gasteiger partial charge in [-0.2, -0.15) is 0 Å². The van der Waals surface area contributed by atoms with E-state index in [9.17, 15) is 14.4 Å². The molecule has 20 heavy (non-hydrogen) atoms. The lowest BCUT2D eigenvalue weighted by Gasteiger charge is -2.04. The maximum atomic E-state index is 11.3. The lowest BCUT2D eigenvalue weighted by atomic mass is 10.3. The molecular weight excluding hydrogens is 268 g/mol. The lowest BCUT2D eigenvalue weighted by molar-refractivity contribution is -0.150. The number of phenols is 1. The van der Waals surface area contributed by atoms with Gasteiger partial charge in [-0.1, -0.05) is 0 Å². The van der Waals surface area contributed by atoms with Gasteiger partial charge in [0.25, 0.3) is 0 Å². The third-order valence-electron chi connectivity index (χ3n) is 1.96. The van der Waals surface area contributed by atoms with Gasteiger partial charge in [-0.05, 0) is 24.3 Å². The minimum atomic E-state index is -0.877. The van der Waals surface area contributed by atoms with Crippen LogP contribution in [0.15, 0.2) is 36.4 Å². The Morgan fingerprint density at radius 3 is 2.30 bits per heavy atom. The summed E-state index contributed by atoms with van der Waals surface area (Å²) in [5, 5.41) is 9.04. The molecule has 0 bridgehead atoms. The number of aromatic hydroxyl groups is 1. The summed E-state index contributed by atoms with van der Waals surface area (Å²) in [6.07, 6.45) is 1.70. The van der Waals surface area contributed by atoms with Crippen LogP contribution in [0.5, 0.6) is 11.5 Å². The molecule has 0 aromatic heterocycles. The van der Waals surface area contributed by atoms with Crippen LogP contribution in [0, 0.1) is 0 Å². The van der Waals surface area contributed by atoms with Crippen LogP contribution >= 0.6 is 0 Å². The molecule has 7 heteroatoms. The first-order chi connectivity index (χ1) is 9.51. The van der Waals surface area contributed by atoms with Crippen LogP contribution in [0.1, 0.15) is 0 Å². The minimum absolute atomic E-state index is 0.0316. The number of phenolic OH excluding ortho intramolecular Hbond substituents is 1. The second-order valence-corrected chi connectivity index (χ2v) is 3.43. The molecule has 0 aliphatic rings. The number of esters is 3. The molecule has 106 valence electrons. The maximum Gasteiger partial charge on any atom is 0.349 e. The molecular formula is C13H12O7. The molecule has 0 saturated heterocycles. The van der Waals surface area contributed by atoms with E-state index in [4.69, 9.17) is 9.84 Å². The van der Waals surface area contributed by atoms with Crippen molar-refractivity contribution in [1.29, 1.82) is 0 Å². The van der Waals surface area contributed by atoms with Crippen LogP contribution < -0.4 is 4.74 Å². The minimum Gasteiger partial charge on any atom is -0.508 e. The van der Waals surface area contributed by atoms with E-state index < -0.39 is 24.5 Å². The predicted molar refractivity (Wildman–Crippen MR) is 65.9 cm³/mol. The highest BCUT2D eigenvalue weighted by molar-refractivity contribution is 5.92. The maximum absolute atomic E-state index is 11.3. The standard InChI is InChI=1S/C13H12O7/c1-18-11(15)6-7-12(16)19-8-13(17)20-10-4-2-9(14)3-5-10/h2-7,14H,8H2,1H3/b7-6-. The van der Waals surface area contributed by atoms with Crippen molar-refractivity contribution in [2.75, 3.05) is 13.7 Å². The van der Waals surface area contributed by atoms with Gasteiger partial charge in [-0.25, -0.2) is 14.4 Å². The first-order valence-corrected chi connectivity index (χ1v) is 5.44. The number of ether oxygens (including phenoxy) is 3. The van der Waals surface area contributed by atoms with Crippen LogP contribution in [-0.2, 0) is 23.9 Å². The Morgan fingerprint density at radius 1 is 1.10 bits per heavy atom. The Hall–Kier alpha value is -2.83. The molecule has 0 atom stereocenters. The van der Waals surface area contributed by atoms with Crippen molar-refractivity contribution in [3.05, 3.63) is 36.4 Å². The summed E-state index contributed by atoms with van der Waals surface area (Å²) in [6, 6.07) is 5.44. The molecule has 1 aromatic rings. The average Bonchev–Trinajstić information content (AvgIpc) is 2.45. The number of hydrogen-bond donors (Lipinski definition) is 1. The molecule has 0 amide bonds. The number of rotatable bonds is 5. The summed E-state index contributed by atoms with van der Waals surface area (Å²) in [6.45, 7) is -0.606. The fourth-order valence-corrected chi connectivity index (χ4v) is 1.06. The SMILES string of the molecule is COC(=O)/C=C\C(=O)OCC(=O)Oc1ccc(O)cc1. The monoisotopic (exact) mass is 280 g/mol. The van der Waals surface area contributed by atoms with E-state index in [1.165, 1.54) is 24.3 Å². The number of carbonyl (C=O) groups is 3. The largest absolute Gasteiger partial charge is 0.508 e. The number of benzene rings is 1. The van der Waals surface area contributed by atoms with Crippen LogP contribution in [-0.4, -0.2) is 36.7 Å². The van der Waals surface area contributed by atoms with Gasteiger partial charge >= 0.3 is 17.9 Å². The zero-order valence-electron chi connectivity index (χ0n) is 10.6. The van der Waals surface area contributed by atoms with Crippen molar-refractivity contribution in [1.82, 2.24) is 0 Å².